The number of ether oxygens (including phenoxy) is 14. The van der Waals surface area contributed by atoms with Crippen molar-refractivity contribution in [3.63, 3.8) is 0 Å². The molecule has 0 saturated carbocycles. The number of amides is 2. The standard InChI is InChI=1S/C52H88N2O39/c1-12-25(65)31(71)35(75)48(81-12)89-42-21(10-60)86-47(24(54-15(4)62)44(42)92-51-38(78)34(74)29(69)19(8-58)84-51)93-45-30(70)22(87-52(39(45)79)88-40(17(64)6-56)27(67)16(63)5-55)11-80-46-23(53-14(3)61)43(91-49-36(76)32(72)26(66)13(2)82-49)41(20(9-59)85-46)90-50-37(77)33(73)28(68)18(7-57)83-50/h5,12-13,16-52,56-60,63-79H,6-11H2,1-4H3,(H,53,61)(H,54,62). The predicted molar refractivity (Wildman–Crippen MR) is 286 cm³/mol. The van der Waals surface area contributed by atoms with Gasteiger partial charge >= 0.3 is 0 Å². The molecule has 0 aliphatic carbocycles. The number of nitrogens with one attached hydrogen (secondary N) is 2. The van der Waals surface area contributed by atoms with Crippen molar-refractivity contribution in [3.8, 4) is 0 Å². The Hall–Kier alpha value is -2.83. The highest BCUT2D eigenvalue weighted by atomic mass is 16.8. The zero-order valence-corrected chi connectivity index (χ0v) is 50.1. The average Bonchev–Trinajstić information content (AvgIpc) is 0.772. The van der Waals surface area contributed by atoms with Crippen LogP contribution in [0.2, 0.25) is 0 Å². The molecule has 24 N–H and O–H groups in total. The molecule has 39 unspecified atom stereocenters. The smallest absolute Gasteiger partial charge is 0.217 e. The number of carbonyl (C=O) groups excluding carboxylic acids is 3. The minimum absolute atomic E-state index is 0.207. The minimum atomic E-state index is -2.52. The number of rotatable bonds is 26. The molecule has 39 atom stereocenters. The molecule has 0 aromatic rings. The van der Waals surface area contributed by atoms with Gasteiger partial charge in [0.15, 0.2) is 50.3 Å². The Bertz CT molecular complexity index is 2330. The average molecular weight is 1370 g/mol. The molecule has 0 spiro atoms. The molecule has 0 aromatic heterocycles. The summed E-state index contributed by atoms with van der Waals surface area (Å²) in [4.78, 5) is 38.2. The normalized spacial score (nSPS) is 48.0. The molecule has 0 radical (unpaired) electrons. The van der Waals surface area contributed by atoms with Gasteiger partial charge in [0.05, 0.1) is 51.8 Å². The number of carbonyl (C=O) groups is 3. The molecule has 2 amide bonds. The van der Waals surface area contributed by atoms with Crippen molar-refractivity contribution in [1.82, 2.24) is 10.6 Å². The maximum Gasteiger partial charge on any atom is 0.217 e. The molecule has 7 heterocycles. The third-order valence-electron chi connectivity index (χ3n) is 16.9. The van der Waals surface area contributed by atoms with E-state index in [4.69, 9.17) is 66.3 Å². The predicted octanol–water partition coefficient (Wildman–Crippen LogP) is -16.3. The monoisotopic (exact) mass is 1360 g/mol. The molecule has 41 nitrogen and oxygen atoms in total. The molecule has 7 fully saturated rings. The number of hydrogen-bond donors (Lipinski definition) is 24. The summed E-state index contributed by atoms with van der Waals surface area (Å²) in [6, 6.07) is -3.89. The van der Waals surface area contributed by atoms with Crippen LogP contribution in [0.5, 0.6) is 0 Å². The van der Waals surface area contributed by atoms with E-state index in [1.54, 1.807) is 0 Å². The molecule has 93 heavy (non-hydrogen) atoms. The Balaban J connectivity index is 1.29. The van der Waals surface area contributed by atoms with Gasteiger partial charge in [-0.2, -0.15) is 0 Å². The molecule has 7 saturated heterocycles. The number of aliphatic hydroxyl groups is 22. The van der Waals surface area contributed by atoms with Crippen LogP contribution in [0.3, 0.4) is 0 Å². The first-order chi connectivity index (χ1) is 43.9. The summed E-state index contributed by atoms with van der Waals surface area (Å²) < 4.78 is 83.3. The molecule has 7 aliphatic rings. The van der Waals surface area contributed by atoms with Crippen molar-refractivity contribution >= 4 is 18.1 Å². The second-order valence-electron chi connectivity index (χ2n) is 23.5. The van der Waals surface area contributed by atoms with Crippen molar-refractivity contribution in [1.29, 1.82) is 0 Å². The van der Waals surface area contributed by atoms with E-state index in [0.29, 0.717) is 0 Å². The fraction of sp³-hybridized carbons (Fsp3) is 0.942. The fourth-order valence-corrected chi connectivity index (χ4v) is 11.6. The number of hydrogen-bond acceptors (Lipinski definition) is 39. The van der Waals surface area contributed by atoms with Gasteiger partial charge in [-0.25, -0.2) is 0 Å². The van der Waals surface area contributed by atoms with E-state index < -0.39 is 291 Å². The SMILES string of the molecule is CC(=O)NC1C(OCC2OC(OC(C(O)CO)C(O)C(O)C=O)C(O)C(OC3OC(CO)C(OC4OC(C)C(O)C(O)C4O)C(OC4OC(CO)C(O)C(O)C4O)C3NC(C)=O)C2O)OC(CO)C(OC2OC(CO)C(O)C(O)C2O)C1OC1OC(C)C(O)C(O)C1O. The van der Waals surface area contributed by atoms with Crippen LogP contribution in [0.4, 0.5) is 0 Å². The van der Waals surface area contributed by atoms with Crippen molar-refractivity contribution < 1.29 is 193 Å². The molecule has 0 aromatic carbocycles. The van der Waals surface area contributed by atoms with Gasteiger partial charge in [-0.05, 0) is 13.8 Å². The lowest BCUT2D eigenvalue weighted by Gasteiger charge is -2.52. The fourth-order valence-electron chi connectivity index (χ4n) is 11.6. The third-order valence-corrected chi connectivity index (χ3v) is 16.9. The van der Waals surface area contributed by atoms with E-state index >= 15 is 0 Å². The van der Waals surface area contributed by atoms with Gasteiger partial charge in [0.1, 0.15) is 183 Å². The highest BCUT2D eigenvalue weighted by Gasteiger charge is 2.60. The number of aliphatic hydroxyl groups excluding tert-OH is 22. The van der Waals surface area contributed by atoms with Gasteiger partial charge in [0, 0.05) is 13.8 Å². The lowest BCUT2D eigenvalue weighted by molar-refractivity contribution is -0.391. The van der Waals surface area contributed by atoms with Crippen molar-refractivity contribution in [3.05, 3.63) is 0 Å². The van der Waals surface area contributed by atoms with E-state index in [-0.39, 0.29) is 6.29 Å². The second-order valence-corrected chi connectivity index (χ2v) is 23.5. The lowest BCUT2D eigenvalue weighted by Crippen LogP contribution is -2.71. The molecule has 7 rings (SSSR count). The zero-order chi connectivity index (χ0) is 68.9. The summed E-state index contributed by atoms with van der Waals surface area (Å²) in [5, 5.41) is 244. The van der Waals surface area contributed by atoms with Crippen molar-refractivity contribution in [2.75, 3.05) is 39.6 Å². The van der Waals surface area contributed by atoms with E-state index in [0.717, 1.165) is 13.8 Å². The van der Waals surface area contributed by atoms with E-state index in [1.807, 2.05) is 0 Å². The van der Waals surface area contributed by atoms with Crippen LogP contribution in [0.1, 0.15) is 27.7 Å². The lowest BCUT2D eigenvalue weighted by atomic mass is 9.93. The van der Waals surface area contributed by atoms with E-state index in [9.17, 15) is 127 Å². The summed E-state index contributed by atoms with van der Waals surface area (Å²) in [5.41, 5.74) is 0. The second kappa shape index (κ2) is 33.8. The van der Waals surface area contributed by atoms with Crippen LogP contribution >= 0.6 is 0 Å². The number of aldehydes is 1. The highest BCUT2D eigenvalue weighted by molar-refractivity contribution is 5.73. The molecule has 0 bridgehead atoms. The van der Waals surface area contributed by atoms with Crippen LogP contribution in [-0.4, -0.2) is 409 Å². The molecule has 540 valence electrons. The van der Waals surface area contributed by atoms with E-state index in [1.165, 1.54) is 13.8 Å². The van der Waals surface area contributed by atoms with Gasteiger partial charge in [0.25, 0.3) is 0 Å². The van der Waals surface area contributed by atoms with Gasteiger partial charge in [-0.15, -0.1) is 0 Å². The minimum Gasteiger partial charge on any atom is -0.394 e. The van der Waals surface area contributed by atoms with E-state index in [2.05, 4.69) is 10.6 Å². The van der Waals surface area contributed by atoms with Gasteiger partial charge in [0.2, 0.25) is 11.8 Å². The Morgan fingerprint density at radius 1 is 0.409 bits per heavy atom. The zero-order valence-electron chi connectivity index (χ0n) is 50.1. The topological polar surface area (TPSA) is 650 Å². The Labute approximate surface area is 527 Å². The molecular formula is C52H88N2O39. The Morgan fingerprint density at radius 2 is 0.763 bits per heavy atom. The molecule has 7 aliphatic heterocycles. The maximum absolute atomic E-state index is 13.3. The first-order valence-corrected chi connectivity index (χ1v) is 29.6. The Morgan fingerprint density at radius 3 is 1.16 bits per heavy atom. The molecule has 41 heteroatoms. The van der Waals surface area contributed by atoms with Crippen LogP contribution in [0, 0.1) is 0 Å². The quantitative estimate of drug-likeness (QED) is 0.0358. The van der Waals surface area contributed by atoms with Crippen LogP contribution in [0.15, 0.2) is 0 Å². The van der Waals surface area contributed by atoms with Crippen LogP contribution in [-0.2, 0) is 80.7 Å². The first kappa shape index (κ1) is 77.5. The van der Waals surface area contributed by atoms with Crippen LogP contribution in [0.25, 0.3) is 0 Å². The summed E-state index contributed by atoms with van der Waals surface area (Å²) >= 11 is 0. The highest BCUT2D eigenvalue weighted by Crippen LogP contribution is 2.39. The summed E-state index contributed by atoms with van der Waals surface area (Å²) in [7, 11) is 0. The summed E-state index contributed by atoms with van der Waals surface area (Å²) in [6.45, 7) is -2.32. The molecular weight excluding hydrogens is 1280 g/mol. The van der Waals surface area contributed by atoms with Gasteiger partial charge < -0.3 is 194 Å². The van der Waals surface area contributed by atoms with Crippen molar-refractivity contribution in [2.24, 2.45) is 0 Å². The maximum atomic E-state index is 13.3. The Kier molecular flexibility index (Phi) is 28.2. The van der Waals surface area contributed by atoms with Gasteiger partial charge in [-0.1, -0.05) is 0 Å². The van der Waals surface area contributed by atoms with Crippen LogP contribution < -0.4 is 10.6 Å². The summed E-state index contributed by atoms with van der Waals surface area (Å²) in [6.07, 6.45) is -75.6. The van der Waals surface area contributed by atoms with Crippen molar-refractivity contribution in [2.45, 2.75) is 267 Å². The largest absolute Gasteiger partial charge is 0.394 e. The van der Waals surface area contributed by atoms with Gasteiger partial charge in [-0.3, -0.25) is 9.59 Å². The summed E-state index contributed by atoms with van der Waals surface area (Å²) in [5.74, 6) is -1.93. The third kappa shape index (κ3) is 17.3. The first-order valence-electron chi connectivity index (χ1n) is 29.6.